The maximum atomic E-state index is 12.4. The lowest BCUT2D eigenvalue weighted by atomic mass is 10.1. The highest BCUT2D eigenvalue weighted by molar-refractivity contribution is 6.67. The van der Waals surface area contributed by atoms with Crippen LogP contribution < -0.4 is 0 Å². The zero-order valence-corrected chi connectivity index (χ0v) is 8.66. The summed E-state index contributed by atoms with van der Waals surface area (Å²) in [7, 11) is 0. The zero-order valence-electron chi connectivity index (χ0n) is 7.91. The predicted octanol–water partition coefficient (Wildman–Crippen LogP) is 2.61. The van der Waals surface area contributed by atoms with Crippen LogP contribution in [0.4, 0.5) is 14.6 Å². The van der Waals surface area contributed by atoms with Crippen molar-refractivity contribution in [2.75, 3.05) is 0 Å². The molecular formula is C8H5ClF2N2O3. The van der Waals surface area contributed by atoms with Gasteiger partial charge in [0.1, 0.15) is 5.56 Å². The molecule has 8 heteroatoms. The van der Waals surface area contributed by atoms with Gasteiger partial charge in [-0.2, -0.15) is 0 Å². The first-order valence-corrected chi connectivity index (χ1v) is 4.36. The third kappa shape index (κ3) is 2.30. The van der Waals surface area contributed by atoms with Crippen LogP contribution in [-0.2, 0) is 0 Å². The van der Waals surface area contributed by atoms with E-state index in [0.29, 0.717) is 0 Å². The number of aryl methyl sites for hydroxylation is 1. The van der Waals surface area contributed by atoms with Crippen LogP contribution in [0.1, 0.15) is 28.0 Å². The zero-order chi connectivity index (χ0) is 12.5. The molecule has 0 saturated heterocycles. The molecule has 0 radical (unpaired) electrons. The maximum absolute atomic E-state index is 12.4. The number of carbonyl (C=O) groups is 1. The summed E-state index contributed by atoms with van der Waals surface area (Å²) in [6.07, 6.45) is -3.04. The van der Waals surface area contributed by atoms with Gasteiger partial charge in [-0.1, -0.05) is 0 Å². The molecule has 0 aliphatic rings. The third-order valence-corrected chi connectivity index (χ3v) is 1.99. The Morgan fingerprint density at radius 2 is 2.19 bits per heavy atom. The van der Waals surface area contributed by atoms with E-state index in [4.69, 9.17) is 11.6 Å². The smallest absolute Gasteiger partial charge is 0.358 e. The summed E-state index contributed by atoms with van der Waals surface area (Å²) in [5.74, 6) is -1.05. The topological polar surface area (TPSA) is 73.1 Å². The molecule has 0 atom stereocenters. The summed E-state index contributed by atoms with van der Waals surface area (Å²) in [6.45, 7) is 1.32. The number of hydrogen-bond acceptors (Lipinski definition) is 4. The van der Waals surface area contributed by atoms with Crippen LogP contribution in [0.25, 0.3) is 0 Å². The first kappa shape index (κ1) is 12.4. The molecule has 1 heterocycles. The van der Waals surface area contributed by atoms with Crippen molar-refractivity contribution < 1.29 is 18.5 Å². The summed E-state index contributed by atoms with van der Waals surface area (Å²) in [5.41, 5.74) is -1.15. The molecule has 1 aromatic heterocycles. The number of halogens is 3. The van der Waals surface area contributed by atoms with Crippen LogP contribution >= 0.6 is 11.6 Å². The van der Waals surface area contributed by atoms with Crippen LogP contribution in [0, 0.1) is 17.0 Å². The van der Waals surface area contributed by atoms with Gasteiger partial charge in [-0.25, -0.2) is 8.78 Å². The Hall–Kier alpha value is -1.63. The molecule has 1 aromatic rings. The van der Waals surface area contributed by atoms with Crippen LogP contribution in [-0.4, -0.2) is 15.1 Å². The van der Waals surface area contributed by atoms with Gasteiger partial charge in [0.15, 0.2) is 0 Å². The van der Waals surface area contributed by atoms with Crippen LogP contribution in [0.2, 0.25) is 0 Å². The molecule has 0 aliphatic heterocycles. The Balaban J connectivity index is 3.49. The molecule has 0 saturated carbocycles. The van der Waals surface area contributed by atoms with Gasteiger partial charge in [0, 0.05) is 5.56 Å². The molecule has 0 aliphatic carbocycles. The normalized spacial score (nSPS) is 10.6. The molecular weight excluding hydrogens is 246 g/mol. The minimum Gasteiger partial charge on any atom is -0.358 e. The number of pyridine rings is 1. The Morgan fingerprint density at radius 1 is 1.62 bits per heavy atom. The molecule has 16 heavy (non-hydrogen) atoms. The summed E-state index contributed by atoms with van der Waals surface area (Å²) in [5, 5.41) is 9.44. The van der Waals surface area contributed by atoms with E-state index in [9.17, 15) is 23.7 Å². The molecule has 5 nitrogen and oxygen atoms in total. The molecule has 0 bridgehead atoms. The van der Waals surface area contributed by atoms with Crippen molar-refractivity contribution in [3.05, 3.63) is 33.0 Å². The highest BCUT2D eigenvalue weighted by Crippen LogP contribution is 2.29. The van der Waals surface area contributed by atoms with Gasteiger partial charge >= 0.3 is 5.82 Å². The molecule has 0 spiro atoms. The average Bonchev–Trinajstić information content (AvgIpc) is 2.15. The van der Waals surface area contributed by atoms with Crippen molar-refractivity contribution in [2.45, 2.75) is 13.3 Å². The van der Waals surface area contributed by atoms with Crippen molar-refractivity contribution in [3.8, 4) is 0 Å². The van der Waals surface area contributed by atoms with Gasteiger partial charge in [0.05, 0.1) is 0 Å². The van der Waals surface area contributed by atoms with E-state index in [1.807, 2.05) is 0 Å². The highest BCUT2D eigenvalue weighted by atomic mass is 35.5. The van der Waals surface area contributed by atoms with Gasteiger partial charge in [0.2, 0.25) is 5.69 Å². The van der Waals surface area contributed by atoms with E-state index in [1.54, 1.807) is 0 Å². The Bertz CT molecular complexity index is 465. The number of carbonyl (C=O) groups excluding carboxylic acids is 1. The van der Waals surface area contributed by atoms with Crippen LogP contribution in [0.15, 0.2) is 6.07 Å². The van der Waals surface area contributed by atoms with Crippen molar-refractivity contribution >= 4 is 22.7 Å². The van der Waals surface area contributed by atoms with E-state index in [0.717, 1.165) is 6.07 Å². The predicted molar refractivity (Wildman–Crippen MR) is 50.8 cm³/mol. The third-order valence-electron chi connectivity index (χ3n) is 1.82. The van der Waals surface area contributed by atoms with Gasteiger partial charge in [-0.15, -0.1) is 0 Å². The molecule has 1 rings (SSSR count). The number of nitrogens with zero attached hydrogens (tertiary/aromatic N) is 2. The van der Waals surface area contributed by atoms with Crippen LogP contribution in [0.3, 0.4) is 0 Å². The first-order chi connectivity index (χ1) is 7.34. The summed E-state index contributed by atoms with van der Waals surface area (Å²) >= 11 is 5.11. The van der Waals surface area contributed by atoms with E-state index in [-0.39, 0.29) is 5.56 Å². The average molecular weight is 251 g/mol. The molecule has 0 N–H and O–H groups in total. The van der Waals surface area contributed by atoms with Crippen molar-refractivity contribution in [2.24, 2.45) is 0 Å². The van der Waals surface area contributed by atoms with E-state index < -0.39 is 33.7 Å². The Labute approximate surface area is 93.2 Å². The quantitative estimate of drug-likeness (QED) is 0.469. The van der Waals surface area contributed by atoms with Gasteiger partial charge < -0.3 is 10.1 Å². The van der Waals surface area contributed by atoms with Crippen LogP contribution in [0.5, 0.6) is 0 Å². The molecule has 0 unspecified atom stereocenters. The fraction of sp³-hybridized carbons (Fsp3) is 0.250. The van der Waals surface area contributed by atoms with Gasteiger partial charge in [-0.3, -0.25) is 4.79 Å². The lowest BCUT2D eigenvalue weighted by Gasteiger charge is -2.03. The lowest BCUT2D eigenvalue weighted by molar-refractivity contribution is -0.391. The SMILES string of the molecule is Cc1cc(C(F)F)c([N+](=O)[O-])nc1C(=O)Cl. The Morgan fingerprint density at radius 3 is 2.56 bits per heavy atom. The highest BCUT2D eigenvalue weighted by Gasteiger charge is 2.28. The molecule has 86 valence electrons. The van der Waals surface area contributed by atoms with Gasteiger partial charge in [-0.05, 0) is 34.5 Å². The maximum Gasteiger partial charge on any atom is 0.373 e. The minimum absolute atomic E-state index is 0.0703. The van der Waals surface area contributed by atoms with E-state index in [2.05, 4.69) is 4.98 Å². The second-order valence-electron chi connectivity index (χ2n) is 2.90. The lowest BCUT2D eigenvalue weighted by Crippen LogP contribution is -2.06. The second-order valence-corrected chi connectivity index (χ2v) is 3.24. The summed E-state index contributed by atoms with van der Waals surface area (Å²) in [4.78, 5) is 23.4. The van der Waals surface area contributed by atoms with Crippen molar-refractivity contribution in [3.63, 3.8) is 0 Å². The number of aromatic nitrogens is 1. The largest absolute Gasteiger partial charge is 0.373 e. The van der Waals surface area contributed by atoms with Gasteiger partial charge in [0.25, 0.3) is 11.7 Å². The molecule has 0 amide bonds. The molecule has 0 fully saturated rings. The van der Waals surface area contributed by atoms with Crippen molar-refractivity contribution in [1.82, 2.24) is 4.98 Å². The number of hydrogen-bond donors (Lipinski definition) is 0. The van der Waals surface area contributed by atoms with E-state index in [1.165, 1.54) is 6.92 Å². The Kier molecular flexibility index (Phi) is 3.48. The fourth-order valence-electron chi connectivity index (χ4n) is 1.13. The second kappa shape index (κ2) is 4.48. The fourth-order valence-corrected chi connectivity index (χ4v) is 1.32. The number of rotatable bonds is 3. The minimum atomic E-state index is -3.04. The monoisotopic (exact) mass is 250 g/mol. The number of alkyl halides is 2. The number of nitro groups is 1. The molecule has 0 aromatic carbocycles. The first-order valence-electron chi connectivity index (χ1n) is 3.98. The van der Waals surface area contributed by atoms with E-state index >= 15 is 0 Å². The summed E-state index contributed by atoms with van der Waals surface area (Å²) < 4.78 is 24.9. The summed E-state index contributed by atoms with van der Waals surface area (Å²) in [6, 6.07) is 0.839. The standard InChI is InChI=1S/C8H5ClF2N2O3/c1-3-2-4(7(10)11)8(13(15)16)12-5(3)6(9)14/h2,7H,1H3. The van der Waals surface area contributed by atoms with Crippen molar-refractivity contribution in [1.29, 1.82) is 0 Å².